The van der Waals surface area contributed by atoms with Crippen molar-refractivity contribution in [2.75, 3.05) is 0 Å². The molecule has 0 N–H and O–H groups in total. The van der Waals surface area contributed by atoms with Crippen LogP contribution in [-0.4, -0.2) is 16.6 Å². The Labute approximate surface area is 186 Å². The summed E-state index contributed by atoms with van der Waals surface area (Å²) in [5.41, 5.74) is 2.45. The van der Waals surface area contributed by atoms with Gasteiger partial charge in [-0.25, -0.2) is 9.79 Å². The third kappa shape index (κ3) is 3.93. The standard InChI is InChI=1S/C22H19ClN2O3S2/c1-12(2)28-21(27)18-13(3)24-22-25(19(18)15-4-6-16(23)7-5-15)20(26)17(30-22)10-14-8-9-29-11-14/h4-12,19H,1-3H3/b17-10+/t19-/m0/s1. The number of thiophene rings is 1. The fourth-order valence-corrected chi connectivity index (χ4v) is 5.12. The molecule has 1 aliphatic heterocycles. The van der Waals surface area contributed by atoms with Crippen molar-refractivity contribution in [3.8, 4) is 0 Å². The third-order valence-electron chi connectivity index (χ3n) is 4.61. The van der Waals surface area contributed by atoms with Gasteiger partial charge >= 0.3 is 5.97 Å². The molecule has 3 heterocycles. The van der Waals surface area contributed by atoms with E-state index < -0.39 is 12.0 Å². The van der Waals surface area contributed by atoms with Crippen molar-refractivity contribution in [1.82, 2.24) is 4.57 Å². The van der Waals surface area contributed by atoms with E-state index in [1.54, 1.807) is 48.8 Å². The Kier molecular flexibility index (Phi) is 5.77. The van der Waals surface area contributed by atoms with E-state index in [0.717, 1.165) is 11.1 Å². The van der Waals surface area contributed by atoms with E-state index in [0.29, 0.717) is 25.6 Å². The summed E-state index contributed by atoms with van der Waals surface area (Å²) in [6.45, 7) is 5.36. The number of halogens is 1. The molecule has 5 nitrogen and oxygen atoms in total. The quantitative estimate of drug-likeness (QED) is 0.557. The SMILES string of the molecule is CC1=C(C(=O)OC(C)C)[C@H](c2ccc(Cl)cc2)n2c(s/c(=C/c3ccsc3)c2=O)=N1. The zero-order chi connectivity index (χ0) is 21.4. The van der Waals surface area contributed by atoms with Crippen LogP contribution in [0.3, 0.4) is 0 Å². The maximum atomic E-state index is 13.4. The summed E-state index contributed by atoms with van der Waals surface area (Å²) in [7, 11) is 0. The molecular weight excluding hydrogens is 440 g/mol. The molecule has 0 amide bonds. The smallest absolute Gasteiger partial charge is 0.338 e. The molecule has 8 heteroatoms. The van der Waals surface area contributed by atoms with Crippen molar-refractivity contribution in [1.29, 1.82) is 0 Å². The lowest BCUT2D eigenvalue weighted by Gasteiger charge is -2.25. The number of thiazole rings is 1. The van der Waals surface area contributed by atoms with Crippen LogP contribution in [0.5, 0.6) is 0 Å². The molecule has 154 valence electrons. The monoisotopic (exact) mass is 458 g/mol. The molecular formula is C22H19ClN2O3S2. The minimum absolute atomic E-state index is 0.188. The zero-order valence-corrected chi connectivity index (χ0v) is 19.0. The average molecular weight is 459 g/mol. The van der Waals surface area contributed by atoms with Gasteiger partial charge in [0.2, 0.25) is 0 Å². The van der Waals surface area contributed by atoms with Crippen molar-refractivity contribution in [2.24, 2.45) is 4.99 Å². The number of hydrogen-bond acceptors (Lipinski definition) is 6. The maximum absolute atomic E-state index is 13.4. The Morgan fingerprint density at radius 3 is 2.63 bits per heavy atom. The average Bonchev–Trinajstić information content (AvgIpc) is 3.29. The number of carbonyl (C=O) groups is 1. The van der Waals surface area contributed by atoms with Gasteiger partial charge in [-0.15, -0.1) is 0 Å². The van der Waals surface area contributed by atoms with Gasteiger partial charge in [0.25, 0.3) is 5.56 Å². The van der Waals surface area contributed by atoms with Gasteiger partial charge in [-0.2, -0.15) is 11.3 Å². The highest BCUT2D eigenvalue weighted by atomic mass is 35.5. The van der Waals surface area contributed by atoms with Gasteiger partial charge < -0.3 is 4.74 Å². The summed E-state index contributed by atoms with van der Waals surface area (Å²) in [4.78, 5) is 31.5. The van der Waals surface area contributed by atoms with Crippen molar-refractivity contribution in [3.05, 3.63) is 88.2 Å². The van der Waals surface area contributed by atoms with E-state index in [2.05, 4.69) is 4.99 Å². The summed E-state index contributed by atoms with van der Waals surface area (Å²) >= 11 is 8.95. The van der Waals surface area contributed by atoms with E-state index in [9.17, 15) is 9.59 Å². The number of allylic oxidation sites excluding steroid dienone is 1. The first kappa shape index (κ1) is 20.8. The normalized spacial score (nSPS) is 16.6. The first-order valence-electron chi connectivity index (χ1n) is 9.36. The Hall–Kier alpha value is -2.48. The zero-order valence-electron chi connectivity index (χ0n) is 16.6. The van der Waals surface area contributed by atoms with E-state index in [1.807, 2.05) is 35.0 Å². The molecule has 4 rings (SSSR count). The fraction of sp³-hybridized carbons (Fsp3) is 0.227. The summed E-state index contributed by atoms with van der Waals surface area (Å²) in [6, 6.07) is 8.47. The minimum atomic E-state index is -0.630. The predicted octanol–water partition coefficient (Wildman–Crippen LogP) is 3.90. The molecule has 0 bridgehead atoms. The Bertz CT molecular complexity index is 1300. The van der Waals surface area contributed by atoms with Crippen LogP contribution >= 0.6 is 34.3 Å². The third-order valence-corrected chi connectivity index (χ3v) is 6.55. The number of carbonyl (C=O) groups excluding carboxylic acids is 1. The topological polar surface area (TPSA) is 60.7 Å². The molecule has 0 radical (unpaired) electrons. The van der Waals surface area contributed by atoms with Gasteiger partial charge in [-0.05, 0) is 66.9 Å². The van der Waals surface area contributed by atoms with Crippen molar-refractivity contribution >= 4 is 46.3 Å². The van der Waals surface area contributed by atoms with Gasteiger partial charge in [0.1, 0.15) is 0 Å². The number of nitrogens with zero attached hydrogens (tertiary/aromatic N) is 2. The molecule has 0 spiro atoms. The van der Waals surface area contributed by atoms with Crippen LogP contribution in [0.4, 0.5) is 0 Å². The number of aromatic nitrogens is 1. The van der Waals surface area contributed by atoms with E-state index in [-0.39, 0.29) is 11.7 Å². The Morgan fingerprint density at radius 1 is 1.27 bits per heavy atom. The lowest BCUT2D eigenvalue weighted by molar-refractivity contribution is -0.143. The van der Waals surface area contributed by atoms with Crippen molar-refractivity contribution in [3.63, 3.8) is 0 Å². The molecule has 0 fully saturated rings. The number of benzene rings is 1. The highest BCUT2D eigenvalue weighted by Crippen LogP contribution is 2.31. The summed E-state index contributed by atoms with van der Waals surface area (Å²) in [5, 5.41) is 4.52. The van der Waals surface area contributed by atoms with Crippen LogP contribution in [0.1, 0.15) is 37.9 Å². The molecule has 0 saturated heterocycles. The van der Waals surface area contributed by atoms with Gasteiger partial charge in [0.15, 0.2) is 4.80 Å². The maximum Gasteiger partial charge on any atom is 0.338 e. The lowest BCUT2D eigenvalue weighted by Crippen LogP contribution is -2.40. The van der Waals surface area contributed by atoms with Crippen LogP contribution in [0.25, 0.3) is 6.08 Å². The summed E-state index contributed by atoms with van der Waals surface area (Å²) < 4.78 is 7.63. The molecule has 3 aromatic rings. The molecule has 2 aromatic heterocycles. The molecule has 30 heavy (non-hydrogen) atoms. The first-order chi connectivity index (χ1) is 14.3. The molecule has 1 aliphatic rings. The molecule has 0 aliphatic carbocycles. The molecule has 0 unspecified atom stereocenters. The number of fused-ring (bicyclic) bond motifs is 1. The fourth-order valence-electron chi connectivity index (χ4n) is 3.33. The predicted molar refractivity (Wildman–Crippen MR) is 121 cm³/mol. The Morgan fingerprint density at radius 2 is 2.00 bits per heavy atom. The van der Waals surface area contributed by atoms with Crippen LogP contribution < -0.4 is 14.9 Å². The van der Waals surface area contributed by atoms with Gasteiger partial charge in [0.05, 0.1) is 27.9 Å². The number of ether oxygens (including phenoxy) is 1. The second kappa shape index (κ2) is 8.34. The number of rotatable bonds is 4. The van der Waals surface area contributed by atoms with Crippen LogP contribution in [-0.2, 0) is 9.53 Å². The van der Waals surface area contributed by atoms with Crippen LogP contribution in [0.15, 0.2) is 62.1 Å². The second-order valence-electron chi connectivity index (χ2n) is 7.14. The van der Waals surface area contributed by atoms with Crippen molar-refractivity contribution in [2.45, 2.75) is 32.9 Å². The highest BCUT2D eigenvalue weighted by Gasteiger charge is 2.33. The molecule has 1 atom stereocenters. The van der Waals surface area contributed by atoms with Crippen LogP contribution in [0.2, 0.25) is 5.02 Å². The summed E-state index contributed by atoms with van der Waals surface area (Å²) in [5.74, 6) is -0.474. The van der Waals surface area contributed by atoms with E-state index >= 15 is 0 Å². The van der Waals surface area contributed by atoms with Gasteiger partial charge in [-0.1, -0.05) is 35.1 Å². The highest BCUT2D eigenvalue weighted by molar-refractivity contribution is 7.08. The molecule has 1 aromatic carbocycles. The summed E-state index contributed by atoms with van der Waals surface area (Å²) in [6.07, 6.45) is 1.57. The molecule has 0 saturated carbocycles. The van der Waals surface area contributed by atoms with Gasteiger partial charge in [-0.3, -0.25) is 9.36 Å². The lowest BCUT2D eigenvalue weighted by atomic mass is 9.96. The number of hydrogen-bond donors (Lipinski definition) is 0. The first-order valence-corrected chi connectivity index (χ1v) is 11.5. The van der Waals surface area contributed by atoms with Gasteiger partial charge in [0, 0.05) is 5.02 Å². The minimum Gasteiger partial charge on any atom is -0.459 e. The number of esters is 1. The van der Waals surface area contributed by atoms with E-state index in [4.69, 9.17) is 16.3 Å². The van der Waals surface area contributed by atoms with Crippen molar-refractivity contribution < 1.29 is 9.53 Å². The second-order valence-corrected chi connectivity index (χ2v) is 9.37. The van der Waals surface area contributed by atoms with E-state index in [1.165, 1.54) is 11.3 Å². The largest absolute Gasteiger partial charge is 0.459 e. The van der Waals surface area contributed by atoms with Crippen LogP contribution in [0, 0.1) is 0 Å². The Balaban J connectivity index is 1.95.